The number of phenolic OH excluding ortho intramolecular Hbond substituents is 2. The number of ketones is 2. The number of carbonyl (C=O) groups excluding carboxylic acids is 3. The second kappa shape index (κ2) is 8.19. The number of aliphatic hydroxyl groups excluding tert-OH is 1. The van der Waals surface area contributed by atoms with Gasteiger partial charge >= 0.3 is 0 Å². The summed E-state index contributed by atoms with van der Waals surface area (Å²) in [6.07, 6.45) is 1.15. The van der Waals surface area contributed by atoms with Gasteiger partial charge in [-0.1, -0.05) is 0 Å². The minimum absolute atomic E-state index is 0.00273. The Balaban J connectivity index is 1.80. The Kier molecular flexibility index (Phi) is 5.59. The van der Waals surface area contributed by atoms with E-state index in [4.69, 9.17) is 9.47 Å². The summed E-state index contributed by atoms with van der Waals surface area (Å²) in [5.74, 6) is -2.87. The first-order chi connectivity index (χ1) is 16.4. The smallest absolute Gasteiger partial charge is 0.259 e. The molecule has 182 valence electrons. The van der Waals surface area contributed by atoms with Crippen molar-refractivity contribution in [2.45, 2.75) is 39.7 Å². The molecule has 0 spiro atoms. The number of aliphatic hydroxyl groups is 1. The lowest BCUT2D eigenvalue weighted by Crippen LogP contribution is -2.38. The maximum atomic E-state index is 13.4. The molecule has 0 radical (unpaired) electrons. The van der Waals surface area contributed by atoms with Crippen molar-refractivity contribution in [3.8, 4) is 23.0 Å². The predicted molar refractivity (Wildman–Crippen MR) is 125 cm³/mol. The summed E-state index contributed by atoms with van der Waals surface area (Å²) in [4.78, 5) is 38.7. The normalized spacial score (nSPS) is 18.4. The second-order valence-electron chi connectivity index (χ2n) is 8.80. The highest BCUT2D eigenvalue weighted by Crippen LogP contribution is 2.56. The number of benzene rings is 2. The zero-order valence-electron chi connectivity index (χ0n) is 19.9. The Morgan fingerprint density at radius 2 is 1.74 bits per heavy atom. The number of aromatic hydroxyl groups is 2. The molecule has 1 heterocycles. The molecule has 4 rings (SSSR count). The summed E-state index contributed by atoms with van der Waals surface area (Å²) in [5.41, 5.74) is 0.296. The van der Waals surface area contributed by atoms with Crippen molar-refractivity contribution in [3.05, 3.63) is 69.2 Å². The Labute approximate surface area is 201 Å². The first-order valence-corrected chi connectivity index (χ1v) is 10.8. The zero-order valence-corrected chi connectivity index (χ0v) is 19.9. The monoisotopic (exact) mass is 479 g/mol. The highest BCUT2D eigenvalue weighted by Gasteiger charge is 2.55. The van der Waals surface area contributed by atoms with Gasteiger partial charge in [0.25, 0.3) is 5.91 Å². The minimum atomic E-state index is -1.63. The fraction of sp³-hybridized carbons (Fsp3) is 0.269. The maximum absolute atomic E-state index is 13.4. The van der Waals surface area contributed by atoms with Gasteiger partial charge < -0.3 is 30.1 Å². The average Bonchev–Trinajstić information content (AvgIpc) is 3.06. The molecule has 0 unspecified atom stereocenters. The van der Waals surface area contributed by atoms with Crippen molar-refractivity contribution >= 4 is 17.5 Å². The van der Waals surface area contributed by atoms with Crippen molar-refractivity contribution in [1.29, 1.82) is 0 Å². The number of methoxy groups -OCH3 is 1. The van der Waals surface area contributed by atoms with E-state index >= 15 is 0 Å². The summed E-state index contributed by atoms with van der Waals surface area (Å²) < 4.78 is 11.2. The largest absolute Gasteiger partial charge is 0.508 e. The lowest BCUT2D eigenvalue weighted by molar-refractivity contribution is -0.123. The number of phenols is 2. The first-order valence-electron chi connectivity index (χ1n) is 10.8. The van der Waals surface area contributed by atoms with Gasteiger partial charge in [-0.2, -0.15) is 0 Å². The molecular weight excluding hydrogens is 454 g/mol. The van der Waals surface area contributed by atoms with Crippen LogP contribution in [0.1, 0.15) is 46.5 Å². The number of hydrogen-bond acceptors (Lipinski definition) is 8. The fourth-order valence-electron chi connectivity index (χ4n) is 4.73. The molecule has 2 aromatic carbocycles. The van der Waals surface area contributed by atoms with Crippen LogP contribution in [0.5, 0.6) is 23.0 Å². The van der Waals surface area contributed by atoms with Gasteiger partial charge in [-0.05, 0) is 56.5 Å². The van der Waals surface area contributed by atoms with E-state index in [-0.39, 0.29) is 46.4 Å². The third-order valence-corrected chi connectivity index (χ3v) is 6.54. The predicted octanol–water partition coefficient (Wildman–Crippen LogP) is 3.17. The minimum Gasteiger partial charge on any atom is -0.508 e. The molecule has 2 aromatic rings. The number of rotatable bonds is 5. The SMILES string of the molecule is COc1cc(O)c2c(c1C(=O)NCc1c(C)cc(O)cc1C)OC1=CC(O)=C(C(C)=O)C(=O)[C@]12C. The lowest BCUT2D eigenvalue weighted by Gasteiger charge is -2.27. The number of hydrogen-bond donors (Lipinski definition) is 4. The summed E-state index contributed by atoms with van der Waals surface area (Å²) in [5, 5.41) is 33.7. The second-order valence-corrected chi connectivity index (χ2v) is 8.80. The lowest BCUT2D eigenvalue weighted by atomic mass is 9.71. The van der Waals surface area contributed by atoms with Gasteiger partial charge in [-0.3, -0.25) is 14.4 Å². The van der Waals surface area contributed by atoms with Crippen molar-refractivity contribution in [3.63, 3.8) is 0 Å². The Morgan fingerprint density at radius 1 is 1.11 bits per heavy atom. The molecule has 35 heavy (non-hydrogen) atoms. The number of carbonyl (C=O) groups is 3. The highest BCUT2D eigenvalue weighted by molar-refractivity contribution is 6.25. The quantitative estimate of drug-likeness (QED) is 0.479. The van der Waals surface area contributed by atoms with Gasteiger partial charge in [0.2, 0.25) is 0 Å². The molecule has 1 aliphatic carbocycles. The van der Waals surface area contributed by atoms with E-state index in [1.807, 2.05) is 13.8 Å². The van der Waals surface area contributed by atoms with Gasteiger partial charge in [-0.15, -0.1) is 0 Å². The van der Waals surface area contributed by atoms with Crippen LogP contribution in [-0.4, -0.2) is 39.9 Å². The van der Waals surface area contributed by atoms with Crippen LogP contribution in [0.25, 0.3) is 0 Å². The summed E-state index contributed by atoms with van der Waals surface area (Å²) in [7, 11) is 1.32. The van der Waals surface area contributed by atoms with E-state index in [9.17, 15) is 29.7 Å². The molecule has 1 amide bonds. The maximum Gasteiger partial charge on any atom is 0.259 e. The third kappa shape index (κ3) is 3.51. The van der Waals surface area contributed by atoms with Crippen molar-refractivity contribution in [2.24, 2.45) is 0 Å². The van der Waals surface area contributed by atoms with Crippen LogP contribution in [0.3, 0.4) is 0 Å². The van der Waals surface area contributed by atoms with Crippen LogP contribution in [0.2, 0.25) is 0 Å². The van der Waals surface area contributed by atoms with Crippen molar-refractivity contribution in [2.75, 3.05) is 7.11 Å². The zero-order chi connectivity index (χ0) is 25.8. The number of aryl methyl sites for hydroxylation is 2. The molecule has 1 atom stereocenters. The number of allylic oxidation sites excluding steroid dienone is 3. The van der Waals surface area contributed by atoms with Crippen LogP contribution in [0.4, 0.5) is 0 Å². The fourth-order valence-corrected chi connectivity index (χ4v) is 4.73. The molecule has 9 heteroatoms. The molecule has 0 aromatic heterocycles. The van der Waals surface area contributed by atoms with Crippen LogP contribution < -0.4 is 14.8 Å². The number of ether oxygens (including phenoxy) is 2. The molecule has 0 bridgehead atoms. The molecular formula is C26H25NO8. The van der Waals surface area contributed by atoms with Crippen molar-refractivity contribution < 1.29 is 39.2 Å². The number of fused-ring (bicyclic) bond motifs is 3. The van der Waals surface area contributed by atoms with Crippen molar-refractivity contribution in [1.82, 2.24) is 5.32 Å². The highest BCUT2D eigenvalue weighted by atomic mass is 16.5. The molecule has 0 fully saturated rings. The van der Waals surface area contributed by atoms with Gasteiger partial charge in [0, 0.05) is 18.7 Å². The van der Waals surface area contributed by atoms with Crippen LogP contribution >= 0.6 is 0 Å². The van der Waals surface area contributed by atoms with E-state index in [1.54, 1.807) is 12.1 Å². The molecule has 4 N–H and O–H groups in total. The van der Waals surface area contributed by atoms with Crippen LogP contribution in [0, 0.1) is 13.8 Å². The van der Waals surface area contributed by atoms with E-state index < -0.39 is 34.2 Å². The van der Waals surface area contributed by atoms with Crippen LogP contribution in [-0.2, 0) is 21.5 Å². The topological polar surface area (TPSA) is 142 Å². The molecule has 1 aliphatic heterocycles. The average molecular weight is 479 g/mol. The van der Waals surface area contributed by atoms with E-state index in [0.717, 1.165) is 29.7 Å². The van der Waals surface area contributed by atoms with Gasteiger partial charge in [-0.25, -0.2) is 0 Å². The van der Waals surface area contributed by atoms with E-state index in [2.05, 4.69) is 5.32 Å². The Bertz CT molecular complexity index is 1360. The first kappa shape index (κ1) is 23.9. The number of Topliss-reactive ketones (excluding diaryl/α,β-unsaturated/α-hetero) is 2. The summed E-state index contributed by atoms with van der Waals surface area (Å²) in [6.45, 7) is 6.37. The van der Waals surface area contributed by atoms with Gasteiger partial charge in [0.05, 0.1) is 12.7 Å². The molecule has 0 saturated heterocycles. The van der Waals surface area contributed by atoms with Gasteiger partial charge in [0.15, 0.2) is 17.3 Å². The standard InChI is InChI=1S/C26H25NO8/c1-11-6-14(29)7-12(2)15(11)10-27-25(33)21-18(34-5)8-17(31)22-23(21)35-19-9-16(30)20(13(3)28)24(32)26(19,22)4/h6-9,29-31H,10H2,1-5H3,(H,27,33)/t26-/m1/s1. The molecule has 2 aliphatic rings. The molecule has 9 nitrogen and oxygen atoms in total. The number of nitrogens with one attached hydrogen (secondary N) is 1. The van der Waals surface area contributed by atoms with Crippen LogP contribution in [0.15, 0.2) is 41.4 Å². The third-order valence-electron chi connectivity index (χ3n) is 6.54. The van der Waals surface area contributed by atoms with Gasteiger partial charge in [0.1, 0.15) is 45.3 Å². The van der Waals surface area contributed by atoms with E-state index in [0.29, 0.717) is 0 Å². The Hall–Kier alpha value is -4.27. The Morgan fingerprint density at radius 3 is 2.31 bits per heavy atom. The summed E-state index contributed by atoms with van der Waals surface area (Å²) in [6, 6.07) is 4.39. The molecule has 0 saturated carbocycles. The number of amides is 1. The van der Waals surface area contributed by atoms with E-state index in [1.165, 1.54) is 20.1 Å². The summed E-state index contributed by atoms with van der Waals surface area (Å²) >= 11 is 0.